The zero-order chi connectivity index (χ0) is 12.1. The van der Waals surface area contributed by atoms with Crippen molar-refractivity contribution in [2.45, 2.75) is 6.92 Å². The fourth-order valence-corrected chi connectivity index (χ4v) is 1.56. The van der Waals surface area contributed by atoms with Crippen LogP contribution in [0.2, 0.25) is 0 Å². The van der Waals surface area contributed by atoms with Crippen LogP contribution >= 0.6 is 15.9 Å². The maximum absolute atomic E-state index is 11.5. The van der Waals surface area contributed by atoms with Gasteiger partial charge in [-0.05, 0) is 24.6 Å². The van der Waals surface area contributed by atoms with E-state index in [0.29, 0.717) is 24.5 Å². The molecule has 0 aromatic heterocycles. The summed E-state index contributed by atoms with van der Waals surface area (Å²) in [6.07, 6.45) is 0. The molecule has 0 amide bonds. The SMILES string of the molecule is COC(=O)c1cc(Br)c(C)cc1OCCN. The smallest absolute Gasteiger partial charge is 0.341 e. The van der Waals surface area contributed by atoms with Crippen molar-refractivity contribution >= 4 is 21.9 Å². The summed E-state index contributed by atoms with van der Waals surface area (Å²) in [5.41, 5.74) is 6.74. The third kappa shape index (κ3) is 2.96. The van der Waals surface area contributed by atoms with E-state index in [1.165, 1.54) is 7.11 Å². The van der Waals surface area contributed by atoms with Gasteiger partial charge < -0.3 is 15.2 Å². The molecule has 0 spiro atoms. The van der Waals surface area contributed by atoms with Crippen LogP contribution in [0.5, 0.6) is 5.75 Å². The van der Waals surface area contributed by atoms with E-state index in [2.05, 4.69) is 20.7 Å². The Bertz CT molecular complexity index is 393. The Labute approximate surface area is 103 Å². The molecule has 16 heavy (non-hydrogen) atoms. The molecule has 0 bridgehead atoms. The zero-order valence-corrected chi connectivity index (χ0v) is 10.8. The molecule has 1 rings (SSSR count). The van der Waals surface area contributed by atoms with E-state index in [0.717, 1.165) is 10.0 Å². The van der Waals surface area contributed by atoms with Gasteiger partial charge in [0.25, 0.3) is 0 Å². The average molecular weight is 288 g/mol. The number of carbonyl (C=O) groups excluding carboxylic acids is 1. The van der Waals surface area contributed by atoms with Crippen molar-refractivity contribution in [1.29, 1.82) is 0 Å². The molecule has 0 fully saturated rings. The molecule has 1 aromatic carbocycles. The van der Waals surface area contributed by atoms with Crippen LogP contribution in [-0.4, -0.2) is 26.2 Å². The van der Waals surface area contributed by atoms with E-state index in [-0.39, 0.29) is 0 Å². The Morgan fingerprint density at radius 3 is 2.75 bits per heavy atom. The highest BCUT2D eigenvalue weighted by Gasteiger charge is 2.15. The molecular formula is C11H14BrNO3. The second-order valence-corrected chi connectivity index (χ2v) is 4.08. The van der Waals surface area contributed by atoms with Crippen LogP contribution in [0.25, 0.3) is 0 Å². The average Bonchev–Trinajstić information content (AvgIpc) is 2.29. The van der Waals surface area contributed by atoms with E-state index in [4.69, 9.17) is 10.5 Å². The number of rotatable bonds is 4. The number of methoxy groups -OCH3 is 1. The van der Waals surface area contributed by atoms with Crippen molar-refractivity contribution in [1.82, 2.24) is 0 Å². The third-order valence-electron chi connectivity index (χ3n) is 2.04. The Morgan fingerprint density at radius 2 is 2.19 bits per heavy atom. The maximum atomic E-state index is 11.5. The third-order valence-corrected chi connectivity index (χ3v) is 2.90. The number of hydrogen-bond donors (Lipinski definition) is 1. The van der Waals surface area contributed by atoms with Gasteiger partial charge in [-0.25, -0.2) is 4.79 Å². The lowest BCUT2D eigenvalue weighted by Crippen LogP contribution is -2.13. The van der Waals surface area contributed by atoms with Gasteiger partial charge in [0.1, 0.15) is 17.9 Å². The van der Waals surface area contributed by atoms with Gasteiger partial charge in [0.15, 0.2) is 0 Å². The van der Waals surface area contributed by atoms with Crippen LogP contribution in [-0.2, 0) is 4.74 Å². The minimum atomic E-state index is -0.423. The molecule has 0 saturated heterocycles. The molecule has 0 saturated carbocycles. The summed E-state index contributed by atoms with van der Waals surface area (Å²) in [7, 11) is 1.34. The predicted molar refractivity (Wildman–Crippen MR) is 64.8 cm³/mol. The molecule has 4 nitrogen and oxygen atoms in total. The van der Waals surface area contributed by atoms with Crippen molar-refractivity contribution < 1.29 is 14.3 Å². The van der Waals surface area contributed by atoms with Crippen molar-refractivity contribution in [2.75, 3.05) is 20.3 Å². The van der Waals surface area contributed by atoms with Gasteiger partial charge >= 0.3 is 5.97 Å². The minimum Gasteiger partial charge on any atom is -0.491 e. The Morgan fingerprint density at radius 1 is 1.50 bits per heavy atom. The summed E-state index contributed by atoms with van der Waals surface area (Å²) < 4.78 is 10.9. The number of esters is 1. The number of halogens is 1. The molecule has 1 aromatic rings. The van der Waals surface area contributed by atoms with Crippen LogP contribution < -0.4 is 10.5 Å². The van der Waals surface area contributed by atoms with Gasteiger partial charge in [-0.2, -0.15) is 0 Å². The number of hydrogen-bond acceptors (Lipinski definition) is 4. The minimum absolute atomic E-state index is 0.366. The van der Waals surface area contributed by atoms with Gasteiger partial charge in [-0.3, -0.25) is 0 Å². The summed E-state index contributed by atoms with van der Waals surface area (Å²) in [5, 5.41) is 0. The van der Waals surface area contributed by atoms with Crippen LogP contribution in [0.4, 0.5) is 0 Å². The number of benzene rings is 1. The predicted octanol–water partition coefficient (Wildman–Crippen LogP) is 1.88. The number of aryl methyl sites for hydroxylation is 1. The molecule has 0 aliphatic heterocycles. The van der Waals surface area contributed by atoms with Gasteiger partial charge in [-0.1, -0.05) is 15.9 Å². The Balaban J connectivity index is 3.11. The van der Waals surface area contributed by atoms with Crippen molar-refractivity contribution in [3.8, 4) is 5.75 Å². The van der Waals surface area contributed by atoms with Crippen LogP contribution in [0, 0.1) is 6.92 Å². The van der Waals surface area contributed by atoms with Crippen LogP contribution in [0.1, 0.15) is 15.9 Å². The van der Waals surface area contributed by atoms with E-state index in [1.54, 1.807) is 12.1 Å². The first-order valence-electron chi connectivity index (χ1n) is 4.81. The van der Waals surface area contributed by atoms with Gasteiger partial charge in [0, 0.05) is 11.0 Å². The van der Waals surface area contributed by atoms with Crippen LogP contribution in [0.3, 0.4) is 0 Å². The molecular weight excluding hydrogens is 274 g/mol. The summed E-state index contributed by atoms with van der Waals surface area (Å²) in [5.74, 6) is 0.0747. The van der Waals surface area contributed by atoms with E-state index >= 15 is 0 Å². The second-order valence-electron chi connectivity index (χ2n) is 3.23. The Kier molecular flexibility index (Phi) is 4.76. The molecule has 0 unspecified atom stereocenters. The molecule has 0 atom stereocenters. The highest BCUT2D eigenvalue weighted by Crippen LogP contribution is 2.27. The summed E-state index contributed by atoms with van der Waals surface area (Å²) >= 11 is 3.36. The molecule has 5 heteroatoms. The van der Waals surface area contributed by atoms with E-state index < -0.39 is 5.97 Å². The molecule has 0 aliphatic carbocycles. The fraction of sp³-hybridized carbons (Fsp3) is 0.364. The lowest BCUT2D eigenvalue weighted by Gasteiger charge is -2.11. The van der Waals surface area contributed by atoms with Gasteiger partial charge in [0.2, 0.25) is 0 Å². The zero-order valence-electron chi connectivity index (χ0n) is 9.25. The summed E-state index contributed by atoms with van der Waals surface area (Å²) in [6, 6.07) is 3.47. The summed E-state index contributed by atoms with van der Waals surface area (Å²) in [4.78, 5) is 11.5. The fourth-order valence-electron chi connectivity index (χ4n) is 1.21. The van der Waals surface area contributed by atoms with Crippen molar-refractivity contribution in [3.05, 3.63) is 27.7 Å². The van der Waals surface area contributed by atoms with Crippen molar-refractivity contribution in [2.24, 2.45) is 5.73 Å². The first kappa shape index (κ1) is 13.0. The quantitative estimate of drug-likeness (QED) is 0.859. The maximum Gasteiger partial charge on any atom is 0.341 e. The normalized spacial score (nSPS) is 10.0. The molecule has 2 N–H and O–H groups in total. The van der Waals surface area contributed by atoms with Crippen molar-refractivity contribution in [3.63, 3.8) is 0 Å². The topological polar surface area (TPSA) is 61.5 Å². The number of carbonyl (C=O) groups is 1. The monoisotopic (exact) mass is 287 g/mol. The summed E-state index contributed by atoms with van der Waals surface area (Å²) in [6.45, 7) is 2.68. The standard InChI is InChI=1S/C11H14BrNO3/c1-7-5-10(16-4-3-13)8(6-9(7)12)11(14)15-2/h5-6H,3-4,13H2,1-2H3. The molecule has 0 aliphatic rings. The highest BCUT2D eigenvalue weighted by molar-refractivity contribution is 9.10. The van der Waals surface area contributed by atoms with E-state index in [1.807, 2.05) is 6.92 Å². The van der Waals surface area contributed by atoms with Gasteiger partial charge in [0.05, 0.1) is 7.11 Å². The van der Waals surface area contributed by atoms with E-state index in [9.17, 15) is 4.79 Å². The molecule has 88 valence electrons. The number of ether oxygens (including phenoxy) is 2. The lowest BCUT2D eigenvalue weighted by molar-refractivity contribution is 0.0596. The molecule has 0 radical (unpaired) electrons. The Hall–Kier alpha value is -1.07. The number of nitrogens with two attached hydrogens (primary N) is 1. The first-order chi connectivity index (χ1) is 7.60. The van der Waals surface area contributed by atoms with Crippen LogP contribution in [0.15, 0.2) is 16.6 Å². The first-order valence-corrected chi connectivity index (χ1v) is 5.60. The lowest BCUT2D eigenvalue weighted by atomic mass is 10.1. The molecule has 0 heterocycles. The highest BCUT2D eigenvalue weighted by atomic mass is 79.9. The largest absolute Gasteiger partial charge is 0.491 e. The second kappa shape index (κ2) is 5.86. The van der Waals surface area contributed by atoms with Gasteiger partial charge in [-0.15, -0.1) is 0 Å².